The molecule has 138 valence electrons. The summed E-state index contributed by atoms with van der Waals surface area (Å²) >= 11 is 3.14. The molecule has 1 aromatic carbocycles. The van der Waals surface area contributed by atoms with Crippen LogP contribution in [0.3, 0.4) is 0 Å². The molecule has 0 bridgehead atoms. The minimum atomic E-state index is -0.444. The molecule has 2 N–H and O–H groups in total. The SMILES string of the molecule is C/C(=N/NC(=O)c1ccc(Br)o1)c1ccc(NC(=O)c2ccnn2C)cc1. The van der Waals surface area contributed by atoms with Crippen LogP contribution in [-0.2, 0) is 7.05 Å². The number of anilines is 1. The molecule has 3 rings (SSSR count). The van der Waals surface area contributed by atoms with Gasteiger partial charge in [-0.15, -0.1) is 0 Å². The Kier molecular flexibility index (Phi) is 5.51. The van der Waals surface area contributed by atoms with Crippen molar-refractivity contribution in [3.8, 4) is 0 Å². The predicted molar refractivity (Wildman–Crippen MR) is 104 cm³/mol. The molecule has 8 nitrogen and oxygen atoms in total. The minimum absolute atomic E-state index is 0.159. The van der Waals surface area contributed by atoms with E-state index in [1.165, 1.54) is 4.68 Å². The fourth-order valence-electron chi connectivity index (χ4n) is 2.28. The largest absolute Gasteiger partial charge is 0.444 e. The van der Waals surface area contributed by atoms with Crippen LogP contribution in [-0.4, -0.2) is 27.3 Å². The normalized spacial score (nSPS) is 11.3. The van der Waals surface area contributed by atoms with Gasteiger partial charge in [-0.1, -0.05) is 12.1 Å². The maximum absolute atomic E-state index is 12.2. The molecule has 2 aromatic heterocycles. The van der Waals surface area contributed by atoms with Gasteiger partial charge in [0, 0.05) is 18.9 Å². The molecule has 0 spiro atoms. The van der Waals surface area contributed by atoms with Crippen molar-refractivity contribution in [3.05, 3.63) is 70.3 Å². The number of nitrogens with zero attached hydrogens (tertiary/aromatic N) is 3. The van der Waals surface area contributed by atoms with E-state index in [0.29, 0.717) is 21.8 Å². The molecule has 0 aliphatic heterocycles. The lowest BCUT2D eigenvalue weighted by atomic mass is 10.1. The lowest BCUT2D eigenvalue weighted by molar-refractivity contribution is 0.0925. The smallest absolute Gasteiger partial charge is 0.307 e. The quantitative estimate of drug-likeness (QED) is 0.480. The minimum Gasteiger partial charge on any atom is -0.444 e. The maximum Gasteiger partial charge on any atom is 0.307 e. The van der Waals surface area contributed by atoms with Crippen molar-refractivity contribution in [2.45, 2.75) is 6.92 Å². The highest BCUT2D eigenvalue weighted by Crippen LogP contribution is 2.14. The van der Waals surface area contributed by atoms with E-state index in [2.05, 4.69) is 36.9 Å². The zero-order chi connectivity index (χ0) is 19.4. The molecule has 0 unspecified atom stereocenters. The molecule has 3 aromatic rings. The summed E-state index contributed by atoms with van der Waals surface area (Å²) < 4.78 is 7.13. The molecule has 0 aliphatic rings. The fourth-order valence-corrected chi connectivity index (χ4v) is 2.58. The van der Waals surface area contributed by atoms with E-state index in [-0.39, 0.29) is 11.7 Å². The van der Waals surface area contributed by atoms with Crippen LogP contribution in [0.25, 0.3) is 0 Å². The number of carbonyl (C=O) groups excluding carboxylic acids is 2. The Labute approximate surface area is 163 Å². The molecule has 0 fully saturated rings. The summed E-state index contributed by atoms with van der Waals surface area (Å²) in [5.74, 6) is -0.531. The van der Waals surface area contributed by atoms with Gasteiger partial charge >= 0.3 is 5.91 Å². The number of hydrazone groups is 1. The summed E-state index contributed by atoms with van der Waals surface area (Å²) in [6.07, 6.45) is 1.56. The third kappa shape index (κ3) is 4.50. The number of aryl methyl sites for hydroxylation is 1. The van der Waals surface area contributed by atoms with Crippen LogP contribution in [0.4, 0.5) is 5.69 Å². The molecule has 0 radical (unpaired) electrons. The van der Waals surface area contributed by atoms with Crippen molar-refractivity contribution >= 4 is 39.1 Å². The first kappa shape index (κ1) is 18.6. The van der Waals surface area contributed by atoms with Crippen LogP contribution in [0.5, 0.6) is 0 Å². The van der Waals surface area contributed by atoms with E-state index in [4.69, 9.17) is 4.42 Å². The number of nitrogens with one attached hydrogen (secondary N) is 2. The lowest BCUT2D eigenvalue weighted by Crippen LogP contribution is -2.18. The molecule has 2 heterocycles. The van der Waals surface area contributed by atoms with E-state index in [9.17, 15) is 9.59 Å². The molecule has 0 aliphatic carbocycles. The summed E-state index contributed by atoms with van der Waals surface area (Å²) in [5, 5.41) is 10.8. The average molecular weight is 430 g/mol. The van der Waals surface area contributed by atoms with Crippen molar-refractivity contribution in [3.63, 3.8) is 0 Å². The van der Waals surface area contributed by atoms with Gasteiger partial charge in [-0.05, 0) is 58.7 Å². The van der Waals surface area contributed by atoms with Gasteiger partial charge in [-0.2, -0.15) is 10.2 Å². The topological polar surface area (TPSA) is 102 Å². The standard InChI is InChI=1S/C18H16BrN5O3/c1-11(22-23-18(26)15-7-8-16(19)27-15)12-3-5-13(6-4-12)21-17(25)14-9-10-20-24(14)2/h3-10H,1-2H3,(H,21,25)(H,23,26)/b22-11-. The number of halogens is 1. The van der Waals surface area contributed by atoms with E-state index in [1.807, 2.05) is 0 Å². The first-order valence-corrected chi connectivity index (χ1v) is 8.73. The van der Waals surface area contributed by atoms with Crippen molar-refractivity contribution in [2.24, 2.45) is 12.1 Å². The summed E-state index contributed by atoms with van der Waals surface area (Å²) in [7, 11) is 1.70. The highest BCUT2D eigenvalue weighted by molar-refractivity contribution is 9.10. The summed E-state index contributed by atoms with van der Waals surface area (Å²) in [6.45, 7) is 1.77. The predicted octanol–water partition coefficient (Wildman–Crippen LogP) is 3.18. The van der Waals surface area contributed by atoms with E-state index in [0.717, 1.165) is 5.56 Å². The first-order chi connectivity index (χ1) is 12.9. The summed E-state index contributed by atoms with van der Waals surface area (Å²) in [4.78, 5) is 24.1. The fraction of sp³-hybridized carbons (Fsp3) is 0.111. The van der Waals surface area contributed by atoms with E-state index < -0.39 is 5.91 Å². The zero-order valence-corrected chi connectivity index (χ0v) is 16.1. The Balaban J connectivity index is 1.63. The van der Waals surface area contributed by atoms with Gasteiger partial charge < -0.3 is 9.73 Å². The highest BCUT2D eigenvalue weighted by atomic mass is 79.9. The van der Waals surface area contributed by atoms with Crippen molar-refractivity contribution in [1.82, 2.24) is 15.2 Å². The van der Waals surface area contributed by atoms with Crippen molar-refractivity contribution in [1.29, 1.82) is 0 Å². The Morgan fingerprint density at radius 2 is 1.85 bits per heavy atom. The average Bonchev–Trinajstić information content (AvgIpc) is 3.28. The third-order valence-corrected chi connectivity index (χ3v) is 4.16. The number of aromatic nitrogens is 2. The number of amides is 2. The summed E-state index contributed by atoms with van der Waals surface area (Å²) in [6, 6.07) is 11.9. The zero-order valence-electron chi connectivity index (χ0n) is 14.6. The molecular weight excluding hydrogens is 414 g/mol. The number of rotatable bonds is 5. The van der Waals surface area contributed by atoms with Gasteiger partial charge in [0.15, 0.2) is 10.4 Å². The van der Waals surface area contributed by atoms with Gasteiger partial charge in [0.1, 0.15) is 5.69 Å². The Hall–Kier alpha value is -3.20. The number of carbonyl (C=O) groups is 2. The lowest BCUT2D eigenvalue weighted by Gasteiger charge is -2.07. The monoisotopic (exact) mass is 429 g/mol. The van der Waals surface area contributed by atoms with Crippen molar-refractivity contribution in [2.75, 3.05) is 5.32 Å². The van der Waals surface area contributed by atoms with Crippen LogP contribution in [0.1, 0.15) is 33.5 Å². The number of furan rings is 1. The third-order valence-electron chi connectivity index (χ3n) is 3.74. The first-order valence-electron chi connectivity index (χ1n) is 7.94. The van der Waals surface area contributed by atoms with Gasteiger partial charge in [0.2, 0.25) is 0 Å². The molecular formula is C18H16BrN5O3. The highest BCUT2D eigenvalue weighted by Gasteiger charge is 2.11. The van der Waals surface area contributed by atoms with Gasteiger partial charge in [0.05, 0.1) is 5.71 Å². The van der Waals surface area contributed by atoms with Crippen LogP contribution < -0.4 is 10.7 Å². The Morgan fingerprint density at radius 3 is 2.44 bits per heavy atom. The summed E-state index contributed by atoms with van der Waals surface area (Å²) in [5.41, 5.74) is 4.95. The second-order valence-corrected chi connectivity index (χ2v) is 6.40. The van der Waals surface area contributed by atoms with Crippen LogP contribution in [0.15, 0.2) is 62.8 Å². The number of hydrogen-bond acceptors (Lipinski definition) is 5. The van der Waals surface area contributed by atoms with Crippen LogP contribution in [0, 0.1) is 0 Å². The number of benzene rings is 1. The molecule has 0 saturated heterocycles. The molecule has 0 saturated carbocycles. The molecule has 27 heavy (non-hydrogen) atoms. The van der Waals surface area contributed by atoms with Crippen molar-refractivity contribution < 1.29 is 14.0 Å². The molecule has 2 amide bonds. The Morgan fingerprint density at radius 1 is 1.11 bits per heavy atom. The maximum atomic E-state index is 12.2. The van der Waals surface area contributed by atoms with Crippen LogP contribution in [0.2, 0.25) is 0 Å². The van der Waals surface area contributed by atoms with E-state index >= 15 is 0 Å². The molecule has 0 atom stereocenters. The van der Waals surface area contributed by atoms with Crippen LogP contribution >= 0.6 is 15.9 Å². The van der Waals surface area contributed by atoms with Gasteiger partial charge in [-0.25, -0.2) is 5.43 Å². The second kappa shape index (κ2) is 8.00. The van der Waals surface area contributed by atoms with E-state index in [1.54, 1.807) is 62.6 Å². The molecule has 9 heteroatoms. The Bertz CT molecular complexity index is 1000. The second-order valence-electron chi connectivity index (χ2n) is 5.61. The van der Waals surface area contributed by atoms with Gasteiger partial charge in [0.25, 0.3) is 5.91 Å². The number of hydrogen-bond donors (Lipinski definition) is 2. The van der Waals surface area contributed by atoms with Gasteiger partial charge in [-0.3, -0.25) is 14.3 Å².